The molecule has 8 heteroatoms. The molecule has 1 fully saturated rings. The van der Waals surface area contributed by atoms with Gasteiger partial charge in [-0.2, -0.15) is 5.10 Å². The first-order valence-electron chi connectivity index (χ1n) is 9.46. The van der Waals surface area contributed by atoms with Crippen LogP contribution in [0.4, 0.5) is 4.79 Å². The van der Waals surface area contributed by atoms with Gasteiger partial charge in [-0.3, -0.25) is 4.79 Å². The van der Waals surface area contributed by atoms with E-state index in [9.17, 15) is 9.59 Å². The summed E-state index contributed by atoms with van der Waals surface area (Å²) in [5.41, 5.74) is 0.609. The van der Waals surface area contributed by atoms with E-state index in [4.69, 9.17) is 14.2 Å². The number of carbonyl (C=O) groups excluding carboxylic acids is 2. The summed E-state index contributed by atoms with van der Waals surface area (Å²) in [6, 6.07) is 12.6. The average molecular weight is 411 g/mol. The largest absolute Gasteiger partial charge is 0.496 e. The van der Waals surface area contributed by atoms with Crippen LogP contribution >= 0.6 is 0 Å². The number of nitrogens with one attached hydrogen (secondary N) is 1. The Morgan fingerprint density at radius 1 is 1.00 bits per heavy atom. The number of hydrogen-bond donors (Lipinski definition) is 1. The molecule has 1 atom stereocenters. The summed E-state index contributed by atoms with van der Waals surface area (Å²) in [5.74, 6) is 1.04. The number of benzene rings is 2. The molecule has 0 unspecified atom stereocenters. The van der Waals surface area contributed by atoms with Crippen LogP contribution in [0.2, 0.25) is 0 Å². The van der Waals surface area contributed by atoms with E-state index < -0.39 is 17.5 Å². The van der Waals surface area contributed by atoms with Crippen molar-refractivity contribution in [3.63, 3.8) is 0 Å². The second-order valence-corrected chi connectivity index (χ2v) is 7.06. The fourth-order valence-corrected chi connectivity index (χ4v) is 3.26. The Hall–Kier alpha value is -3.55. The van der Waals surface area contributed by atoms with Gasteiger partial charge in [0.2, 0.25) is 0 Å². The van der Waals surface area contributed by atoms with E-state index in [1.165, 1.54) is 27.5 Å². The maximum absolute atomic E-state index is 12.9. The Morgan fingerprint density at radius 2 is 1.63 bits per heavy atom. The molecule has 1 N–H and O–H groups in total. The van der Waals surface area contributed by atoms with Crippen LogP contribution in [-0.2, 0) is 11.2 Å². The zero-order valence-electron chi connectivity index (χ0n) is 17.5. The summed E-state index contributed by atoms with van der Waals surface area (Å²) in [4.78, 5) is 25.3. The van der Waals surface area contributed by atoms with E-state index in [1.54, 1.807) is 19.1 Å². The van der Waals surface area contributed by atoms with E-state index in [2.05, 4.69) is 10.4 Å². The fourth-order valence-electron chi connectivity index (χ4n) is 3.26. The van der Waals surface area contributed by atoms with Crippen molar-refractivity contribution in [2.75, 3.05) is 21.3 Å². The lowest BCUT2D eigenvalue weighted by atomic mass is 9.93. The summed E-state index contributed by atoms with van der Waals surface area (Å²) in [6.07, 6.45) is 2.51. The molecule has 1 aliphatic heterocycles. The van der Waals surface area contributed by atoms with Gasteiger partial charge in [0.15, 0.2) is 11.5 Å². The second-order valence-electron chi connectivity index (χ2n) is 7.06. The van der Waals surface area contributed by atoms with Gasteiger partial charge in [-0.1, -0.05) is 30.3 Å². The van der Waals surface area contributed by atoms with E-state index in [0.29, 0.717) is 35.7 Å². The molecule has 30 heavy (non-hydrogen) atoms. The zero-order chi connectivity index (χ0) is 21.7. The van der Waals surface area contributed by atoms with E-state index in [1.807, 2.05) is 30.3 Å². The molecule has 3 amide bonds. The molecule has 0 spiro atoms. The van der Waals surface area contributed by atoms with Gasteiger partial charge in [0.25, 0.3) is 5.91 Å². The highest BCUT2D eigenvalue weighted by molar-refractivity contribution is 6.07. The molecule has 158 valence electrons. The molecule has 3 rings (SSSR count). The number of hydrogen-bond acceptors (Lipinski definition) is 6. The van der Waals surface area contributed by atoms with Crippen LogP contribution in [-0.4, -0.2) is 50.0 Å². The molecule has 1 saturated heterocycles. The van der Waals surface area contributed by atoms with Gasteiger partial charge in [0, 0.05) is 11.6 Å². The highest BCUT2D eigenvalue weighted by Crippen LogP contribution is 2.34. The molecule has 0 bridgehead atoms. The molecule has 1 aliphatic rings. The van der Waals surface area contributed by atoms with Crippen LogP contribution in [0.5, 0.6) is 17.2 Å². The predicted octanol–water partition coefficient (Wildman–Crippen LogP) is 2.99. The van der Waals surface area contributed by atoms with Crippen molar-refractivity contribution in [1.82, 2.24) is 10.3 Å². The molecule has 0 saturated carbocycles. The topological polar surface area (TPSA) is 89.5 Å². The van der Waals surface area contributed by atoms with Crippen LogP contribution in [0.15, 0.2) is 47.6 Å². The molecule has 1 heterocycles. The van der Waals surface area contributed by atoms with Crippen LogP contribution < -0.4 is 19.5 Å². The van der Waals surface area contributed by atoms with Crippen molar-refractivity contribution >= 4 is 18.2 Å². The summed E-state index contributed by atoms with van der Waals surface area (Å²) in [5, 5.41) is 7.72. The summed E-state index contributed by atoms with van der Waals surface area (Å²) in [7, 11) is 4.54. The van der Waals surface area contributed by atoms with Crippen LogP contribution in [0.1, 0.15) is 24.5 Å². The first-order valence-corrected chi connectivity index (χ1v) is 9.46. The number of rotatable bonds is 8. The number of ether oxygens (including phenoxy) is 3. The SMILES string of the molecule is COc1cc(OC)c(OC)cc1/C=N\N1C(=O)N[C@](C)(CCc2ccccc2)C1=O. The normalized spacial score (nSPS) is 18.6. The molecular weight excluding hydrogens is 386 g/mol. The third-order valence-electron chi connectivity index (χ3n) is 5.04. The molecule has 0 radical (unpaired) electrons. The number of methoxy groups -OCH3 is 3. The molecular formula is C22H25N3O5. The molecule has 2 aromatic rings. The summed E-state index contributed by atoms with van der Waals surface area (Å²) >= 11 is 0. The quantitative estimate of drug-likeness (QED) is 0.533. The van der Waals surface area contributed by atoms with Crippen molar-refractivity contribution in [2.24, 2.45) is 5.10 Å². The minimum atomic E-state index is -1.02. The highest BCUT2D eigenvalue weighted by atomic mass is 16.5. The third-order valence-corrected chi connectivity index (χ3v) is 5.04. The monoisotopic (exact) mass is 411 g/mol. The Bertz CT molecular complexity index is 961. The molecule has 2 aromatic carbocycles. The lowest BCUT2D eigenvalue weighted by molar-refractivity contribution is -0.130. The van der Waals surface area contributed by atoms with Gasteiger partial charge in [-0.25, -0.2) is 4.79 Å². The Kier molecular flexibility index (Phi) is 6.25. The van der Waals surface area contributed by atoms with Crippen LogP contribution in [0.25, 0.3) is 0 Å². The molecule has 0 aliphatic carbocycles. The minimum absolute atomic E-state index is 0.404. The van der Waals surface area contributed by atoms with E-state index >= 15 is 0 Å². The predicted molar refractivity (Wildman–Crippen MR) is 112 cm³/mol. The van der Waals surface area contributed by atoms with Gasteiger partial charge in [-0.05, 0) is 31.4 Å². The number of aryl methyl sites for hydroxylation is 1. The number of nitrogens with zero attached hydrogens (tertiary/aromatic N) is 2. The lowest BCUT2D eigenvalue weighted by Crippen LogP contribution is -2.44. The molecule has 0 aromatic heterocycles. The highest BCUT2D eigenvalue weighted by Gasteiger charge is 2.47. The third kappa shape index (κ3) is 4.22. The average Bonchev–Trinajstić information content (AvgIpc) is 2.99. The number of urea groups is 1. The van der Waals surface area contributed by atoms with Crippen molar-refractivity contribution in [2.45, 2.75) is 25.3 Å². The number of imide groups is 1. The first-order chi connectivity index (χ1) is 14.4. The van der Waals surface area contributed by atoms with Gasteiger partial charge >= 0.3 is 6.03 Å². The van der Waals surface area contributed by atoms with Gasteiger partial charge in [0.05, 0.1) is 27.5 Å². The number of amides is 3. The first kappa shape index (κ1) is 21.2. The standard InChI is InChI=1S/C22H25N3O5/c1-22(11-10-15-8-6-5-7-9-15)20(26)25(21(27)24-22)23-14-16-12-18(29-3)19(30-4)13-17(16)28-2/h5-9,12-14H,10-11H2,1-4H3,(H,24,27)/b23-14-/t22-/m1/s1. The van der Waals surface area contributed by atoms with Crippen molar-refractivity contribution < 1.29 is 23.8 Å². The maximum Gasteiger partial charge on any atom is 0.346 e. The number of carbonyl (C=O) groups is 2. The summed E-state index contributed by atoms with van der Waals surface area (Å²) < 4.78 is 15.9. The van der Waals surface area contributed by atoms with Gasteiger partial charge < -0.3 is 19.5 Å². The number of hydrazone groups is 1. The van der Waals surface area contributed by atoms with E-state index in [0.717, 1.165) is 10.6 Å². The van der Waals surface area contributed by atoms with Gasteiger partial charge in [0.1, 0.15) is 11.3 Å². The smallest absolute Gasteiger partial charge is 0.346 e. The molecule has 8 nitrogen and oxygen atoms in total. The van der Waals surface area contributed by atoms with Crippen LogP contribution in [0.3, 0.4) is 0 Å². The second kappa shape index (κ2) is 8.86. The Morgan fingerprint density at radius 3 is 2.27 bits per heavy atom. The van der Waals surface area contributed by atoms with E-state index in [-0.39, 0.29) is 0 Å². The fraction of sp³-hybridized carbons (Fsp3) is 0.318. The Balaban J connectivity index is 1.79. The zero-order valence-corrected chi connectivity index (χ0v) is 17.5. The minimum Gasteiger partial charge on any atom is -0.496 e. The van der Waals surface area contributed by atoms with Gasteiger partial charge in [-0.15, -0.1) is 5.01 Å². The summed E-state index contributed by atoms with van der Waals surface area (Å²) in [6.45, 7) is 1.71. The van der Waals surface area contributed by atoms with Crippen LogP contribution in [0, 0.1) is 0 Å². The van der Waals surface area contributed by atoms with Crippen molar-refractivity contribution in [1.29, 1.82) is 0 Å². The van der Waals surface area contributed by atoms with Crippen molar-refractivity contribution in [3.8, 4) is 17.2 Å². The maximum atomic E-state index is 12.9. The van der Waals surface area contributed by atoms with Crippen molar-refractivity contribution in [3.05, 3.63) is 53.6 Å². The lowest BCUT2D eigenvalue weighted by Gasteiger charge is -2.20. The Labute approximate surface area is 175 Å².